The Morgan fingerprint density at radius 1 is 1.39 bits per heavy atom. The predicted molar refractivity (Wildman–Crippen MR) is 73.2 cm³/mol. The first-order valence-corrected chi connectivity index (χ1v) is 6.42. The standard InChI is InChI=1S/C13H14BrN3O/c1-9(10-6-4-3-5-7-10)16-13(18)12-11(14)8-15-17(12)2/h3-9H,1-2H3,(H,16,18). The third-order valence-corrected chi connectivity index (χ3v) is 3.34. The summed E-state index contributed by atoms with van der Waals surface area (Å²) in [7, 11) is 1.74. The molecule has 5 heteroatoms. The maximum Gasteiger partial charge on any atom is 0.271 e. The Hall–Kier alpha value is -1.62. The zero-order valence-electron chi connectivity index (χ0n) is 10.2. The lowest BCUT2D eigenvalue weighted by Gasteiger charge is -2.14. The lowest BCUT2D eigenvalue weighted by atomic mass is 10.1. The molecule has 0 saturated carbocycles. The molecule has 0 saturated heterocycles. The number of hydrogen-bond acceptors (Lipinski definition) is 2. The van der Waals surface area contributed by atoms with E-state index in [1.165, 1.54) is 0 Å². The molecule has 1 aromatic heterocycles. The van der Waals surface area contributed by atoms with Crippen LogP contribution in [0.1, 0.15) is 29.0 Å². The second kappa shape index (κ2) is 5.35. The molecular formula is C13H14BrN3O. The smallest absolute Gasteiger partial charge is 0.271 e. The van der Waals surface area contributed by atoms with E-state index in [4.69, 9.17) is 0 Å². The molecule has 1 heterocycles. The predicted octanol–water partition coefficient (Wildman–Crippen LogP) is 2.67. The van der Waals surface area contributed by atoms with Crippen molar-refractivity contribution in [3.8, 4) is 0 Å². The topological polar surface area (TPSA) is 46.9 Å². The molecule has 0 aliphatic carbocycles. The second-order valence-electron chi connectivity index (χ2n) is 4.07. The minimum atomic E-state index is -0.141. The molecule has 1 aromatic carbocycles. The Labute approximate surface area is 114 Å². The van der Waals surface area contributed by atoms with Crippen LogP contribution in [0.4, 0.5) is 0 Å². The van der Waals surface area contributed by atoms with Gasteiger partial charge in [0.1, 0.15) is 5.69 Å². The summed E-state index contributed by atoms with van der Waals surface area (Å²) in [5.41, 5.74) is 1.60. The average Bonchev–Trinajstić information content (AvgIpc) is 2.70. The van der Waals surface area contributed by atoms with E-state index in [1.54, 1.807) is 17.9 Å². The first-order chi connectivity index (χ1) is 8.59. The summed E-state index contributed by atoms with van der Waals surface area (Å²) in [4.78, 5) is 12.1. The van der Waals surface area contributed by atoms with E-state index in [0.717, 1.165) is 5.56 Å². The maximum atomic E-state index is 12.1. The molecule has 0 spiro atoms. The minimum absolute atomic E-state index is 0.0412. The van der Waals surface area contributed by atoms with Gasteiger partial charge in [0.05, 0.1) is 16.7 Å². The van der Waals surface area contributed by atoms with Crippen molar-refractivity contribution in [3.63, 3.8) is 0 Å². The Kier molecular flexibility index (Phi) is 3.81. The van der Waals surface area contributed by atoms with E-state index in [0.29, 0.717) is 10.2 Å². The maximum absolute atomic E-state index is 12.1. The molecule has 1 atom stereocenters. The molecule has 2 rings (SSSR count). The fourth-order valence-corrected chi connectivity index (χ4v) is 2.28. The van der Waals surface area contributed by atoms with Crippen LogP contribution in [0.25, 0.3) is 0 Å². The molecular weight excluding hydrogens is 294 g/mol. The number of carbonyl (C=O) groups excluding carboxylic acids is 1. The van der Waals surface area contributed by atoms with Crippen LogP contribution in [0.2, 0.25) is 0 Å². The molecule has 2 aromatic rings. The summed E-state index contributed by atoms with van der Waals surface area (Å²) >= 11 is 3.32. The summed E-state index contributed by atoms with van der Waals surface area (Å²) in [6.07, 6.45) is 1.61. The SMILES string of the molecule is CC(NC(=O)c1c(Br)cnn1C)c1ccccc1. The van der Waals surface area contributed by atoms with Gasteiger partial charge in [0, 0.05) is 7.05 Å². The van der Waals surface area contributed by atoms with E-state index < -0.39 is 0 Å². The number of nitrogens with one attached hydrogen (secondary N) is 1. The first-order valence-electron chi connectivity index (χ1n) is 5.63. The number of rotatable bonds is 3. The van der Waals surface area contributed by atoms with Crippen molar-refractivity contribution in [2.45, 2.75) is 13.0 Å². The average molecular weight is 308 g/mol. The molecule has 0 aliphatic rings. The van der Waals surface area contributed by atoms with Gasteiger partial charge < -0.3 is 5.32 Å². The minimum Gasteiger partial charge on any atom is -0.344 e. The Morgan fingerprint density at radius 3 is 2.61 bits per heavy atom. The van der Waals surface area contributed by atoms with Gasteiger partial charge in [-0.05, 0) is 28.4 Å². The van der Waals surface area contributed by atoms with E-state index in [-0.39, 0.29) is 11.9 Å². The highest BCUT2D eigenvalue weighted by Crippen LogP contribution is 2.17. The zero-order valence-corrected chi connectivity index (χ0v) is 11.8. The fourth-order valence-electron chi connectivity index (χ4n) is 1.76. The molecule has 4 nitrogen and oxygen atoms in total. The van der Waals surface area contributed by atoms with E-state index in [2.05, 4.69) is 26.3 Å². The van der Waals surface area contributed by atoms with Gasteiger partial charge >= 0.3 is 0 Å². The van der Waals surface area contributed by atoms with E-state index in [9.17, 15) is 4.79 Å². The van der Waals surface area contributed by atoms with Crippen molar-refractivity contribution in [2.24, 2.45) is 7.05 Å². The number of hydrogen-bond donors (Lipinski definition) is 1. The van der Waals surface area contributed by atoms with E-state index >= 15 is 0 Å². The van der Waals surface area contributed by atoms with Gasteiger partial charge in [0.15, 0.2) is 0 Å². The number of amides is 1. The van der Waals surface area contributed by atoms with Gasteiger partial charge in [-0.15, -0.1) is 0 Å². The normalized spacial score (nSPS) is 12.2. The van der Waals surface area contributed by atoms with Gasteiger partial charge in [-0.1, -0.05) is 30.3 Å². The van der Waals surface area contributed by atoms with Crippen LogP contribution in [-0.2, 0) is 7.05 Å². The Bertz CT molecular complexity index is 531. The van der Waals surface area contributed by atoms with E-state index in [1.807, 2.05) is 37.3 Å². The van der Waals surface area contributed by atoms with Crippen LogP contribution in [0, 0.1) is 0 Å². The fraction of sp³-hybridized carbons (Fsp3) is 0.231. The number of benzene rings is 1. The van der Waals surface area contributed by atoms with Crippen molar-refractivity contribution in [1.29, 1.82) is 0 Å². The lowest BCUT2D eigenvalue weighted by Crippen LogP contribution is -2.28. The summed E-state index contributed by atoms with van der Waals surface area (Å²) in [6, 6.07) is 9.80. The van der Waals surface area contributed by atoms with Crippen LogP contribution in [0.15, 0.2) is 41.0 Å². The van der Waals surface area contributed by atoms with Crippen molar-refractivity contribution in [2.75, 3.05) is 0 Å². The van der Waals surface area contributed by atoms with Gasteiger partial charge in [-0.25, -0.2) is 0 Å². The first kappa shape index (κ1) is 12.8. The highest BCUT2D eigenvalue weighted by molar-refractivity contribution is 9.10. The largest absolute Gasteiger partial charge is 0.344 e. The van der Waals surface area contributed by atoms with Crippen LogP contribution >= 0.6 is 15.9 Å². The molecule has 0 radical (unpaired) electrons. The Morgan fingerprint density at radius 2 is 2.06 bits per heavy atom. The van der Waals surface area contributed by atoms with Gasteiger partial charge in [0.25, 0.3) is 5.91 Å². The van der Waals surface area contributed by atoms with Crippen LogP contribution in [-0.4, -0.2) is 15.7 Å². The summed E-state index contributed by atoms with van der Waals surface area (Å²) < 4.78 is 2.25. The monoisotopic (exact) mass is 307 g/mol. The number of halogens is 1. The molecule has 0 bridgehead atoms. The molecule has 0 aliphatic heterocycles. The third kappa shape index (κ3) is 2.61. The van der Waals surface area contributed by atoms with Crippen molar-refractivity contribution < 1.29 is 4.79 Å². The molecule has 1 N–H and O–H groups in total. The van der Waals surface area contributed by atoms with Crippen LogP contribution in [0.5, 0.6) is 0 Å². The number of carbonyl (C=O) groups is 1. The van der Waals surface area contributed by atoms with Crippen molar-refractivity contribution in [1.82, 2.24) is 15.1 Å². The third-order valence-electron chi connectivity index (χ3n) is 2.76. The highest BCUT2D eigenvalue weighted by Gasteiger charge is 2.17. The van der Waals surface area contributed by atoms with Crippen LogP contribution in [0.3, 0.4) is 0 Å². The quantitative estimate of drug-likeness (QED) is 0.947. The molecule has 94 valence electrons. The Balaban J connectivity index is 2.13. The zero-order chi connectivity index (χ0) is 13.1. The number of aromatic nitrogens is 2. The number of nitrogens with zero attached hydrogens (tertiary/aromatic N) is 2. The molecule has 18 heavy (non-hydrogen) atoms. The summed E-state index contributed by atoms with van der Waals surface area (Å²) in [6.45, 7) is 1.96. The van der Waals surface area contributed by atoms with Gasteiger partial charge in [-0.3, -0.25) is 9.48 Å². The number of aryl methyl sites for hydroxylation is 1. The van der Waals surface area contributed by atoms with Crippen molar-refractivity contribution >= 4 is 21.8 Å². The second-order valence-corrected chi connectivity index (χ2v) is 4.92. The highest BCUT2D eigenvalue weighted by atomic mass is 79.9. The summed E-state index contributed by atoms with van der Waals surface area (Å²) in [5, 5.41) is 6.98. The molecule has 1 unspecified atom stereocenters. The lowest BCUT2D eigenvalue weighted by molar-refractivity contribution is 0.0929. The molecule has 0 fully saturated rings. The van der Waals surface area contributed by atoms with Crippen LogP contribution < -0.4 is 5.32 Å². The molecule has 1 amide bonds. The van der Waals surface area contributed by atoms with Crippen molar-refractivity contribution in [3.05, 3.63) is 52.3 Å². The van der Waals surface area contributed by atoms with Gasteiger partial charge in [0.2, 0.25) is 0 Å². The van der Waals surface area contributed by atoms with Gasteiger partial charge in [-0.2, -0.15) is 5.10 Å². The summed E-state index contributed by atoms with van der Waals surface area (Å²) in [5.74, 6) is -0.141.